The smallest absolute Gasteiger partial charge is 0.328 e. The zero-order valence-electron chi connectivity index (χ0n) is 6.98. The molecule has 1 heterocycles. The Morgan fingerprint density at radius 1 is 1.75 bits per heavy atom. The van der Waals surface area contributed by atoms with Gasteiger partial charge in [0.05, 0.1) is 6.20 Å². The van der Waals surface area contributed by atoms with Gasteiger partial charge in [-0.2, -0.15) is 5.10 Å². The molecule has 4 heteroatoms. The molecule has 1 rings (SSSR count). The number of aromatic nitrogens is 2. The van der Waals surface area contributed by atoms with Crippen molar-refractivity contribution in [3.63, 3.8) is 0 Å². The van der Waals surface area contributed by atoms with Crippen molar-refractivity contribution >= 4 is 12.0 Å². The average molecular weight is 166 g/mol. The first kappa shape index (κ1) is 8.52. The molecule has 0 amide bonds. The van der Waals surface area contributed by atoms with E-state index in [-0.39, 0.29) is 0 Å². The molecule has 0 saturated heterocycles. The van der Waals surface area contributed by atoms with Crippen LogP contribution in [0.4, 0.5) is 0 Å². The molecule has 0 bridgehead atoms. The molecule has 0 unspecified atom stereocenters. The van der Waals surface area contributed by atoms with Crippen LogP contribution in [0.5, 0.6) is 0 Å². The third-order valence-corrected chi connectivity index (χ3v) is 1.68. The molecule has 64 valence electrons. The third kappa shape index (κ3) is 1.72. The Balaban J connectivity index is 2.90. The van der Waals surface area contributed by atoms with Gasteiger partial charge in [0.1, 0.15) is 0 Å². The maximum absolute atomic E-state index is 10.2. The van der Waals surface area contributed by atoms with E-state index < -0.39 is 5.97 Å². The van der Waals surface area contributed by atoms with Crippen molar-refractivity contribution in [3.8, 4) is 0 Å². The van der Waals surface area contributed by atoms with Crippen molar-refractivity contribution in [2.45, 2.75) is 6.92 Å². The number of carboxylic acids is 1. The fourth-order valence-electron chi connectivity index (χ4n) is 0.840. The van der Waals surface area contributed by atoms with Crippen molar-refractivity contribution in [1.82, 2.24) is 9.78 Å². The lowest BCUT2D eigenvalue weighted by molar-refractivity contribution is -0.131. The van der Waals surface area contributed by atoms with Gasteiger partial charge in [-0.1, -0.05) is 0 Å². The molecule has 0 aliphatic heterocycles. The molecule has 0 aromatic carbocycles. The van der Waals surface area contributed by atoms with E-state index in [0.29, 0.717) is 0 Å². The molecule has 0 aliphatic carbocycles. The Morgan fingerprint density at radius 3 is 2.83 bits per heavy atom. The Labute approximate surface area is 70.1 Å². The summed E-state index contributed by atoms with van der Waals surface area (Å²) < 4.78 is 1.70. The average Bonchev–Trinajstić information content (AvgIpc) is 2.30. The van der Waals surface area contributed by atoms with E-state index in [4.69, 9.17) is 5.11 Å². The highest BCUT2D eigenvalue weighted by molar-refractivity contribution is 5.85. The molecule has 0 aliphatic rings. The zero-order chi connectivity index (χ0) is 9.14. The lowest BCUT2D eigenvalue weighted by Crippen LogP contribution is -1.92. The summed E-state index contributed by atoms with van der Waals surface area (Å²) in [5.74, 6) is -0.946. The molecule has 0 fully saturated rings. The summed E-state index contributed by atoms with van der Waals surface area (Å²) in [5.41, 5.74) is 1.78. The van der Waals surface area contributed by atoms with Crippen molar-refractivity contribution in [1.29, 1.82) is 0 Å². The third-order valence-electron chi connectivity index (χ3n) is 1.68. The minimum absolute atomic E-state index is 0.833. The van der Waals surface area contributed by atoms with Crippen molar-refractivity contribution in [2.24, 2.45) is 7.05 Å². The van der Waals surface area contributed by atoms with E-state index in [1.54, 1.807) is 10.9 Å². The van der Waals surface area contributed by atoms with Gasteiger partial charge in [-0.05, 0) is 13.0 Å². The number of hydrogen-bond acceptors (Lipinski definition) is 2. The summed E-state index contributed by atoms with van der Waals surface area (Å²) in [6.45, 7) is 1.88. The summed E-state index contributed by atoms with van der Waals surface area (Å²) in [6, 6.07) is 0. The molecule has 12 heavy (non-hydrogen) atoms. The van der Waals surface area contributed by atoms with E-state index in [9.17, 15) is 4.79 Å². The Bertz CT molecular complexity index is 326. The maximum atomic E-state index is 10.2. The topological polar surface area (TPSA) is 55.1 Å². The highest BCUT2D eigenvalue weighted by Crippen LogP contribution is 2.06. The molecule has 1 aromatic heterocycles. The molecule has 0 saturated carbocycles. The van der Waals surface area contributed by atoms with Crippen LogP contribution in [0.15, 0.2) is 12.3 Å². The SMILES string of the molecule is Cc1c(/C=C/C(=O)O)cnn1C. The number of nitrogens with zero attached hydrogens (tertiary/aromatic N) is 2. The van der Waals surface area contributed by atoms with Crippen LogP contribution in [-0.4, -0.2) is 20.9 Å². The van der Waals surface area contributed by atoms with Crippen LogP contribution in [0.25, 0.3) is 6.08 Å². The van der Waals surface area contributed by atoms with E-state index in [0.717, 1.165) is 17.3 Å². The number of aliphatic carboxylic acids is 1. The second-order valence-electron chi connectivity index (χ2n) is 2.48. The number of carboxylic acid groups (broad SMARTS) is 1. The van der Waals surface area contributed by atoms with Crippen LogP contribution < -0.4 is 0 Å². The molecular formula is C8H10N2O2. The van der Waals surface area contributed by atoms with Crippen molar-refractivity contribution in [3.05, 3.63) is 23.5 Å². The largest absolute Gasteiger partial charge is 0.478 e. The van der Waals surface area contributed by atoms with Crippen molar-refractivity contribution < 1.29 is 9.90 Å². The summed E-state index contributed by atoms with van der Waals surface area (Å²) in [4.78, 5) is 10.2. The Hall–Kier alpha value is -1.58. The van der Waals surface area contributed by atoms with Crippen LogP contribution in [0.1, 0.15) is 11.3 Å². The predicted octanol–water partition coefficient (Wildman–Crippen LogP) is 0.826. The van der Waals surface area contributed by atoms with Gasteiger partial charge in [0.2, 0.25) is 0 Å². The Morgan fingerprint density at radius 2 is 2.42 bits per heavy atom. The van der Waals surface area contributed by atoms with E-state index >= 15 is 0 Å². The van der Waals surface area contributed by atoms with Gasteiger partial charge >= 0.3 is 5.97 Å². The summed E-state index contributed by atoms with van der Waals surface area (Å²) in [5, 5.41) is 12.3. The standard InChI is InChI=1S/C8H10N2O2/c1-6-7(3-4-8(11)12)5-9-10(6)2/h3-5H,1-2H3,(H,11,12)/b4-3+. The molecule has 0 atom stereocenters. The lowest BCUT2D eigenvalue weighted by Gasteiger charge is -1.92. The van der Waals surface area contributed by atoms with Gasteiger partial charge in [0.25, 0.3) is 0 Å². The van der Waals surface area contributed by atoms with Crippen LogP contribution in [0, 0.1) is 6.92 Å². The molecule has 1 N–H and O–H groups in total. The lowest BCUT2D eigenvalue weighted by atomic mass is 10.2. The van der Waals surface area contributed by atoms with Gasteiger partial charge in [0.15, 0.2) is 0 Å². The van der Waals surface area contributed by atoms with E-state index in [2.05, 4.69) is 5.10 Å². The molecule has 4 nitrogen and oxygen atoms in total. The number of hydrogen-bond donors (Lipinski definition) is 1. The highest BCUT2D eigenvalue weighted by atomic mass is 16.4. The minimum Gasteiger partial charge on any atom is -0.478 e. The first-order valence-electron chi connectivity index (χ1n) is 3.51. The summed E-state index contributed by atoms with van der Waals surface area (Å²) in [6.07, 6.45) is 4.27. The summed E-state index contributed by atoms with van der Waals surface area (Å²) >= 11 is 0. The van der Waals surface area contributed by atoms with Gasteiger partial charge in [-0.3, -0.25) is 4.68 Å². The van der Waals surface area contributed by atoms with E-state index in [1.165, 1.54) is 6.08 Å². The number of aryl methyl sites for hydroxylation is 1. The fourth-order valence-corrected chi connectivity index (χ4v) is 0.840. The summed E-state index contributed by atoms with van der Waals surface area (Å²) in [7, 11) is 1.81. The fraction of sp³-hybridized carbons (Fsp3) is 0.250. The second-order valence-corrected chi connectivity index (χ2v) is 2.48. The first-order valence-corrected chi connectivity index (χ1v) is 3.51. The maximum Gasteiger partial charge on any atom is 0.328 e. The molecule has 0 spiro atoms. The van der Waals surface area contributed by atoms with Gasteiger partial charge in [-0.25, -0.2) is 4.79 Å². The van der Waals surface area contributed by atoms with Crippen LogP contribution in [0.2, 0.25) is 0 Å². The second kappa shape index (κ2) is 3.21. The van der Waals surface area contributed by atoms with Gasteiger partial charge < -0.3 is 5.11 Å². The first-order chi connectivity index (χ1) is 5.61. The van der Waals surface area contributed by atoms with Crippen LogP contribution >= 0.6 is 0 Å². The molecule has 0 radical (unpaired) electrons. The van der Waals surface area contributed by atoms with Gasteiger partial charge in [0, 0.05) is 24.4 Å². The Kier molecular flexibility index (Phi) is 2.28. The molecule has 1 aromatic rings. The quantitative estimate of drug-likeness (QED) is 0.662. The number of rotatable bonds is 2. The van der Waals surface area contributed by atoms with Crippen LogP contribution in [0.3, 0.4) is 0 Å². The monoisotopic (exact) mass is 166 g/mol. The molecular weight excluding hydrogens is 156 g/mol. The van der Waals surface area contributed by atoms with Crippen molar-refractivity contribution in [2.75, 3.05) is 0 Å². The van der Waals surface area contributed by atoms with Gasteiger partial charge in [-0.15, -0.1) is 0 Å². The van der Waals surface area contributed by atoms with E-state index in [1.807, 2.05) is 14.0 Å². The normalized spacial score (nSPS) is 10.8. The zero-order valence-corrected chi connectivity index (χ0v) is 6.98. The van der Waals surface area contributed by atoms with Crippen LogP contribution in [-0.2, 0) is 11.8 Å². The minimum atomic E-state index is -0.946. The number of carbonyl (C=O) groups is 1. The highest BCUT2D eigenvalue weighted by Gasteiger charge is 1.99. The predicted molar refractivity (Wildman–Crippen MR) is 44.6 cm³/mol.